The SMILES string of the molecule is c1ccc(-c2ccc(-c3cc(-c4ccc(-c5cccc(-c6ccccn6)n5)cc4)nc(-c4ccc(-c5cccc(-c6ccccn6)n5)cc4)c3)cc2)nc1. The van der Waals surface area contributed by atoms with E-state index in [4.69, 9.17) is 15.0 Å². The predicted octanol–water partition coefficient (Wildman–Crippen LogP) is 11.4. The molecule has 6 heterocycles. The molecule has 0 aliphatic heterocycles. The molecule has 0 bridgehead atoms. The number of hydrogen-bond donors (Lipinski definition) is 0. The van der Waals surface area contributed by atoms with Gasteiger partial charge in [-0.1, -0.05) is 103 Å². The molecule has 3 aromatic carbocycles. The molecule has 9 aromatic rings. The van der Waals surface area contributed by atoms with E-state index in [2.05, 4.69) is 99.9 Å². The minimum absolute atomic E-state index is 0.841. The van der Waals surface area contributed by atoms with Gasteiger partial charge in [-0.2, -0.15) is 0 Å². The van der Waals surface area contributed by atoms with Crippen LogP contribution in [0, 0.1) is 0 Å². The summed E-state index contributed by atoms with van der Waals surface area (Å²) in [5.74, 6) is 0. The number of rotatable bonds is 8. The van der Waals surface area contributed by atoms with Gasteiger partial charge in [0.2, 0.25) is 0 Å². The maximum absolute atomic E-state index is 5.22. The fourth-order valence-corrected chi connectivity index (χ4v) is 6.49. The molecule has 0 aliphatic carbocycles. The number of pyridine rings is 6. The Bertz CT molecular complexity index is 2520. The zero-order valence-electron chi connectivity index (χ0n) is 29.2. The molecule has 254 valence electrons. The smallest absolute Gasteiger partial charge is 0.0893 e. The first kappa shape index (κ1) is 32.5. The molecule has 0 unspecified atom stereocenters. The fraction of sp³-hybridized carbons (Fsp3) is 0. The molecule has 0 N–H and O–H groups in total. The van der Waals surface area contributed by atoms with Crippen molar-refractivity contribution in [3.63, 3.8) is 0 Å². The monoisotopic (exact) mass is 692 g/mol. The van der Waals surface area contributed by atoms with Crippen molar-refractivity contribution in [3.05, 3.63) is 195 Å². The minimum atomic E-state index is 0.841. The van der Waals surface area contributed by atoms with E-state index in [0.717, 1.165) is 90.2 Å². The van der Waals surface area contributed by atoms with Crippen LogP contribution in [0.4, 0.5) is 0 Å². The summed E-state index contributed by atoms with van der Waals surface area (Å²) in [6.45, 7) is 0. The average Bonchev–Trinajstić information content (AvgIpc) is 3.27. The lowest BCUT2D eigenvalue weighted by Crippen LogP contribution is -1.93. The highest BCUT2D eigenvalue weighted by Gasteiger charge is 2.12. The van der Waals surface area contributed by atoms with Gasteiger partial charge in [0, 0.05) is 46.4 Å². The van der Waals surface area contributed by atoms with Crippen LogP contribution in [0.25, 0.3) is 90.2 Å². The van der Waals surface area contributed by atoms with E-state index in [1.54, 1.807) is 12.4 Å². The van der Waals surface area contributed by atoms with Crippen molar-refractivity contribution in [3.8, 4) is 90.2 Å². The molecular formula is C48H32N6. The summed E-state index contributed by atoms with van der Waals surface area (Å²) >= 11 is 0. The van der Waals surface area contributed by atoms with Crippen molar-refractivity contribution < 1.29 is 0 Å². The zero-order chi connectivity index (χ0) is 36.1. The second-order valence-corrected chi connectivity index (χ2v) is 12.8. The van der Waals surface area contributed by atoms with Gasteiger partial charge in [-0.3, -0.25) is 15.0 Å². The van der Waals surface area contributed by atoms with Crippen molar-refractivity contribution in [2.45, 2.75) is 0 Å². The fourth-order valence-electron chi connectivity index (χ4n) is 6.49. The van der Waals surface area contributed by atoms with Crippen molar-refractivity contribution >= 4 is 0 Å². The molecule has 0 saturated carbocycles. The van der Waals surface area contributed by atoms with Crippen molar-refractivity contribution in [2.24, 2.45) is 0 Å². The molecule has 6 heteroatoms. The highest BCUT2D eigenvalue weighted by Crippen LogP contribution is 2.33. The van der Waals surface area contributed by atoms with E-state index in [1.165, 1.54) is 0 Å². The molecule has 0 aliphatic rings. The Morgan fingerprint density at radius 1 is 0.204 bits per heavy atom. The maximum atomic E-state index is 5.22. The third kappa shape index (κ3) is 6.92. The Morgan fingerprint density at radius 3 is 0.926 bits per heavy atom. The normalized spacial score (nSPS) is 11.0. The molecule has 0 saturated heterocycles. The lowest BCUT2D eigenvalue weighted by atomic mass is 9.97. The van der Waals surface area contributed by atoms with E-state index >= 15 is 0 Å². The van der Waals surface area contributed by atoms with Crippen LogP contribution in [0.2, 0.25) is 0 Å². The standard InChI is InChI=1S/C48H32N6/c1-4-28-49-40(9-1)34-18-16-33(17-19-34)39-31-47(37-24-20-35(21-25-37)41-12-7-14-45(52-41)43-10-2-5-29-50-43)54-48(32-39)38-26-22-36(23-27-38)42-13-8-15-46(53-42)44-11-3-6-30-51-44/h1-32H. The van der Waals surface area contributed by atoms with Crippen LogP contribution in [0.3, 0.4) is 0 Å². The van der Waals surface area contributed by atoms with Gasteiger partial charge in [0.15, 0.2) is 0 Å². The Hall–Kier alpha value is -7.44. The topological polar surface area (TPSA) is 77.3 Å². The van der Waals surface area contributed by atoms with E-state index in [-0.39, 0.29) is 0 Å². The summed E-state index contributed by atoms with van der Waals surface area (Å²) in [5, 5.41) is 0. The molecule has 0 spiro atoms. The summed E-state index contributed by atoms with van der Waals surface area (Å²) in [6, 6.07) is 59.6. The number of aromatic nitrogens is 6. The summed E-state index contributed by atoms with van der Waals surface area (Å²) in [5.41, 5.74) is 15.2. The van der Waals surface area contributed by atoms with E-state index in [0.29, 0.717) is 0 Å². The van der Waals surface area contributed by atoms with E-state index < -0.39 is 0 Å². The summed E-state index contributed by atoms with van der Waals surface area (Å²) in [6.07, 6.45) is 5.40. The Balaban J connectivity index is 1.07. The first-order chi connectivity index (χ1) is 26.7. The van der Waals surface area contributed by atoms with Crippen LogP contribution in [-0.4, -0.2) is 29.9 Å². The van der Waals surface area contributed by atoms with E-state index in [1.807, 2.05) is 97.2 Å². The largest absolute Gasteiger partial charge is 0.256 e. The van der Waals surface area contributed by atoms with Gasteiger partial charge in [-0.25, -0.2) is 15.0 Å². The van der Waals surface area contributed by atoms with Crippen molar-refractivity contribution in [1.82, 2.24) is 29.9 Å². The highest BCUT2D eigenvalue weighted by atomic mass is 14.8. The zero-order valence-corrected chi connectivity index (χ0v) is 29.2. The third-order valence-corrected chi connectivity index (χ3v) is 9.31. The Kier molecular flexibility index (Phi) is 8.81. The van der Waals surface area contributed by atoms with Crippen LogP contribution in [0.1, 0.15) is 0 Å². The van der Waals surface area contributed by atoms with Gasteiger partial charge in [0.1, 0.15) is 0 Å². The van der Waals surface area contributed by atoms with Gasteiger partial charge in [0.05, 0.1) is 51.2 Å². The molecule has 0 amide bonds. The molecule has 9 rings (SSSR count). The highest BCUT2D eigenvalue weighted by molar-refractivity contribution is 5.79. The lowest BCUT2D eigenvalue weighted by Gasteiger charge is -2.12. The van der Waals surface area contributed by atoms with Gasteiger partial charge >= 0.3 is 0 Å². The van der Waals surface area contributed by atoms with Gasteiger partial charge in [-0.05, 0) is 83.9 Å². The van der Waals surface area contributed by atoms with Crippen LogP contribution < -0.4 is 0 Å². The number of benzene rings is 3. The minimum Gasteiger partial charge on any atom is -0.256 e. The van der Waals surface area contributed by atoms with Crippen molar-refractivity contribution in [2.75, 3.05) is 0 Å². The first-order valence-electron chi connectivity index (χ1n) is 17.8. The molecular weight excluding hydrogens is 661 g/mol. The number of hydrogen-bond acceptors (Lipinski definition) is 6. The molecule has 6 nitrogen and oxygen atoms in total. The quantitative estimate of drug-likeness (QED) is 0.158. The van der Waals surface area contributed by atoms with Crippen LogP contribution in [0.15, 0.2) is 195 Å². The van der Waals surface area contributed by atoms with Crippen LogP contribution in [0.5, 0.6) is 0 Å². The molecule has 54 heavy (non-hydrogen) atoms. The average molecular weight is 693 g/mol. The van der Waals surface area contributed by atoms with Crippen LogP contribution in [-0.2, 0) is 0 Å². The summed E-state index contributed by atoms with van der Waals surface area (Å²) < 4.78 is 0. The second-order valence-electron chi connectivity index (χ2n) is 12.8. The predicted molar refractivity (Wildman–Crippen MR) is 217 cm³/mol. The number of nitrogens with zero attached hydrogens (tertiary/aromatic N) is 6. The Labute approximate surface area is 313 Å². The lowest BCUT2D eigenvalue weighted by molar-refractivity contribution is 1.25. The molecule has 0 fully saturated rings. The second kappa shape index (κ2) is 14.7. The van der Waals surface area contributed by atoms with Gasteiger partial charge in [-0.15, -0.1) is 0 Å². The molecule has 0 radical (unpaired) electrons. The molecule has 6 aromatic heterocycles. The third-order valence-electron chi connectivity index (χ3n) is 9.31. The molecule has 0 atom stereocenters. The van der Waals surface area contributed by atoms with Crippen molar-refractivity contribution in [1.29, 1.82) is 0 Å². The summed E-state index contributed by atoms with van der Waals surface area (Å²) in [4.78, 5) is 28.5. The van der Waals surface area contributed by atoms with E-state index in [9.17, 15) is 0 Å². The Morgan fingerprint density at radius 2 is 0.519 bits per heavy atom. The maximum Gasteiger partial charge on any atom is 0.0893 e. The van der Waals surface area contributed by atoms with Crippen LogP contribution >= 0.6 is 0 Å². The summed E-state index contributed by atoms with van der Waals surface area (Å²) in [7, 11) is 0. The first-order valence-corrected chi connectivity index (χ1v) is 17.8. The van der Waals surface area contributed by atoms with Gasteiger partial charge in [0.25, 0.3) is 0 Å². The van der Waals surface area contributed by atoms with Gasteiger partial charge < -0.3 is 0 Å².